The molecule has 3 unspecified atom stereocenters. The topological polar surface area (TPSA) is 46.5 Å². The zero-order valence-corrected chi connectivity index (χ0v) is 13.4. The lowest BCUT2D eigenvalue weighted by atomic mass is 9.70. The summed E-state index contributed by atoms with van der Waals surface area (Å²) in [7, 11) is 0. The summed E-state index contributed by atoms with van der Waals surface area (Å²) in [4.78, 5) is 11.0. The average molecular weight is 309 g/mol. The molecule has 1 aromatic carbocycles. The van der Waals surface area contributed by atoms with Gasteiger partial charge in [0, 0.05) is 5.41 Å². The first kappa shape index (κ1) is 14.7. The molecule has 0 spiro atoms. The second-order valence-corrected chi connectivity index (χ2v) is 7.57. The summed E-state index contributed by atoms with van der Waals surface area (Å²) in [5.41, 5.74) is 0.585. The molecule has 2 aliphatic carbocycles. The van der Waals surface area contributed by atoms with Crippen LogP contribution in [-0.4, -0.2) is 17.2 Å². The second-order valence-electron chi connectivity index (χ2n) is 7.16. The van der Waals surface area contributed by atoms with Gasteiger partial charge in [-0.3, -0.25) is 0 Å². The largest absolute Gasteiger partial charge is 0.490 e. The van der Waals surface area contributed by atoms with Crippen molar-refractivity contribution >= 4 is 17.6 Å². The highest BCUT2D eigenvalue weighted by atomic mass is 35.5. The molecule has 1 N–H and O–H groups in total. The number of carbonyl (C=O) groups is 1. The summed E-state index contributed by atoms with van der Waals surface area (Å²) in [6.45, 7) is 7.00. The molecule has 0 heterocycles. The molecule has 114 valence electrons. The predicted molar refractivity (Wildman–Crippen MR) is 82.1 cm³/mol. The van der Waals surface area contributed by atoms with Crippen molar-refractivity contribution in [3.63, 3.8) is 0 Å². The van der Waals surface area contributed by atoms with Crippen LogP contribution < -0.4 is 4.74 Å². The van der Waals surface area contributed by atoms with Gasteiger partial charge in [-0.15, -0.1) is 0 Å². The zero-order valence-electron chi connectivity index (χ0n) is 12.6. The summed E-state index contributed by atoms with van der Waals surface area (Å²) >= 11 is 6.02. The molecule has 2 bridgehead atoms. The van der Waals surface area contributed by atoms with Crippen molar-refractivity contribution in [3.05, 3.63) is 28.8 Å². The Morgan fingerprint density at radius 3 is 2.57 bits per heavy atom. The minimum Gasteiger partial charge on any atom is -0.490 e. The molecule has 0 radical (unpaired) electrons. The Hall–Kier alpha value is -1.22. The molecule has 0 amide bonds. The molecule has 21 heavy (non-hydrogen) atoms. The van der Waals surface area contributed by atoms with Crippen LogP contribution in [-0.2, 0) is 0 Å². The van der Waals surface area contributed by atoms with Crippen molar-refractivity contribution in [1.29, 1.82) is 0 Å². The molecular weight excluding hydrogens is 288 g/mol. The average Bonchev–Trinajstić information content (AvgIpc) is 2.71. The second kappa shape index (κ2) is 4.64. The van der Waals surface area contributed by atoms with Crippen molar-refractivity contribution in [1.82, 2.24) is 0 Å². The van der Waals surface area contributed by atoms with E-state index in [-0.39, 0.29) is 22.1 Å². The van der Waals surface area contributed by atoms with E-state index in [1.807, 2.05) is 0 Å². The molecule has 2 fully saturated rings. The van der Waals surface area contributed by atoms with E-state index in [0.29, 0.717) is 17.1 Å². The van der Waals surface area contributed by atoms with Crippen molar-refractivity contribution in [2.45, 2.75) is 46.1 Å². The molecule has 3 rings (SSSR count). The maximum Gasteiger partial charge on any atom is 0.337 e. The van der Waals surface area contributed by atoms with Crippen LogP contribution in [0.1, 0.15) is 50.4 Å². The van der Waals surface area contributed by atoms with Gasteiger partial charge in [0.15, 0.2) is 0 Å². The summed E-state index contributed by atoms with van der Waals surface area (Å²) in [5.74, 6) is 0.361. The third-order valence-corrected chi connectivity index (χ3v) is 6.48. The summed E-state index contributed by atoms with van der Waals surface area (Å²) in [6, 6.07) is 4.84. The molecule has 3 nitrogen and oxygen atoms in total. The third kappa shape index (κ3) is 2.05. The first-order valence-electron chi connectivity index (χ1n) is 7.45. The fraction of sp³-hybridized carbons (Fsp3) is 0.588. The Labute approximate surface area is 130 Å². The number of fused-ring (bicyclic) bond motifs is 2. The van der Waals surface area contributed by atoms with Gasteiger partial charge in [-0.05, 0) is 48.8 Å². The van der Waals surface area contributed by atoms with Gasteiger partial charge in [-0.2, -0.15) is 0 Å². The van der Waals surface area contributed by atoms with Crippen LogP contribution >= 0.6 is 11.6 Å². The van der Waals surface area contributed by atoms with E-state index in [1.165, 1.54) is 18.9 Å². The Balaban J connectivity index is 1.83. The number of rotatable bonds is 3. The monoisotopic (exact) mass is 308 g/mol. The Morgan fingerprint density at radius 1 is 1.38 bits per heavy atom. The number of hydrogen-bond acceptors (Lipinski definition) is 2. The first-order valence-corrected chi connectivity index (χ1v) is 7.83. The highest BCUT2D eigenvalue weighted by Crippen LogP contribution is 2.66. The van der Waals surface area contributed by atoms with Gasteiger partial charge in [-0.1, -0.05) is 32.4 Å². The van der Waals surface area contributed by atoms with Gasteiger partial charge in [0.05, 0.1) is 10.6 Å². The van der Waals surface area contributed by atoms with E-state index < -0.39 is 5.97 Å². The SMILES string of the molecule is CC1(C)C2CCC1(C)C(Oc1ccc(C(=O)O)c(Cl)c1)C2. The predicted octanol–water partition coefficient (Wildman–Crippen LogP) is 4.63. The van der Waals surface area contributed by atoms with Crippen molar-refractivity contribution in [2.75, 3.05) is 0 Å². The van der Waals surface area contributed by atoms with Crippen LogP contribution in [0.2, 0.25) is 5.02 Å². The molecule has 0 aromatic heterocycles. The van der Waals surface area contributed by atoms with Crippen LogP contribution in [0, 0.1) is 16.7 Å². The molecule has 3 atom stereocenters. The van der Waals surface area contributed by atoms with E-state index in [2.05, 4.69) is 20.8 Å². The molecule has 2 saturated carbocycles. The minimum absolute atomic E-state index is 0.114. The highest BCUT2D eigenvalue weighted by molar-refractivity contribution is 6.33. The molecule has 1 aromatic rings. The zero-order chi connectivity index (χ0) is 15.4. The molecule has 4 heteroatoms. The van der Waals surface area contributed by atoms with E-state index in [4.69, 9.17) is 21.4 Å². The van der Waals surface area contributed by atoms with Crippen LogP contribution in [0.4, 0.5) is 0 Å². The van der Waals surface area contributed by atoms with Crippen LogP contribution in [0.15, 0.2) is 18.2 Å². The molecule has 0 saturated heterocycles. The van der Waals surface area contributed by atoms with Gasteiger partial charge < -0.3 is 9.84 Å². The Bertz CT molecular complexity index is 596. The maximum absolute atomic E-state index is 11.0. The fourth-order valence-electron chi connectivity index (χ4n) is 4.22. The van der Waals surface area contributed by atoms with E-state index in [0.717, 1.165) is 6.42 Å². The lowest BCUT2D eigenvalue weighted by Gasteiger charge is -2.38. The number of ether oxygens (including phenoxy) is 1. The number of hydrogen-bond donors (Lipinski definition) is 1. The normalized spacial score (nSPS) is 33.1. The fourth-order valence-corrected chi connectivity index (χ4v) is 4.47. The van der Waals surface area contributed by atoms with Gasteiger partial charge in [-0.25, -0.2) is 4.79 Å². The number of carboxylic acids is 1. The van der Waals surface area contributed by atoms with Gasteiger partial charge in [0.1, 0.15) is 11.9 Å². The summed E-state index contributed by atoms with van der Waals surface area (Å²) in [6.07, 6.45) is 3.72. The van der Waals surface area contributed by atoms with Crippen molar-refractivity contribution in [3.8, 4) is 5.75 Å². The highest BCUT2D eigenvalue weighted by Gasteiger charge is 2.62. The van der Waals surface area contributed by atoms with Gasteiger partial charge in [0.25, 0.3) is 0 Å². The summed E-state index contributed by atoms with van der Waals surface area (Å²) in [5, 5.41) is 9.24. The number of carboxylic acid groups (broad SMARTS) is 1. The summed E-state index contributed by atoms with van der Waals surface area (Å²) < 4.78 is 6.19. The smallest absolute Gasteiger partial charge is 0.337 e. The van der Waals surface area contributed by atoms with Crippen LogP contribution in [0.25, 0.3) is 0 Å². The van der Waals surface area contributed by atoms with E-state index in [9.17, 15) is 4.79 Å². The van der Waals surface area contributed by atoms with Crippen LogP contribution in [0.5, 0.6) is 5.75 Å². The van der Waals surface area contributed by atoms with Gasteiger partial charge >= 0.3 is 5.97 Å². The quantitative estimate of drug-likeness (QED) is 0.885. The maximum atomic E-state index is 11.0. The van der Waals surface area contributed by atoms with Gasteiger partial charge in [0.2, 0.25) is 0 Å². The Morgan fingerprint density at radius 2 is 2.10 bits per heavy atom. The van der Waals surface area contributed by atoms with Crippen molar-refractivity contribution in [2.24, 2.45) is 16.7 Å². The minimum atomic E-state index is -1.01. The van der Waals surface area contributed by atoms with E-state index >= 15 is 0 Å². The number of halogens is 1. The van der Waals surface area contributed by atoms with E-state index in [1.54, 1.807) is 12.1 Å². The lowest BCUT2D eigenvalue weighted by Crippen LogP contribution is -2.38. The Kier molecular flexibility index (Phi) is 3.25. The standard InChI is InChI=1S/C17H21ClO3/c1-16(2)10-6-7-17(16,3)14(8-10)21-11-4-5-12(15(19)20)13(18)9-11/h4-5,9-10,14H,6-8H2,1-3H3,(H,19,20). The van der Waals surface area contributed by atoms with Crippen LogP contribution in [0.3, 0.4) is 0 Å². The lowest BCUT2D eigenvalue weighted by molar-refractivity contribution is 0.0302. The third-order valence-electron chi connectivity index (χ3n) is 6.16. The van der Waals surface area contributed by atoms with Crippen molar-refractivity contribution < 1.29 is 14.6 Å². The number of benzene rings is 1. The molecule has 2 aliphatic rings. The number of aromatic carboxylic acids is 1. The molecular formula is C17H21ClO3. The first-order chi connectivity index (χ1) is 9.75. The molecule has 0 aliphatic heterocycles.